The van der Waals surface area contributed by atoms with Crippen molar-refractivity contribution in [2.45, 2.75) is 13.8 Å². The van der Waals surface area contributed by atoms with Crippen molar-refractivity contribution in [3.8, 4) is 17.6 Å². The maximum absolute atomic E-state index is 11.9. The van der Waals surface area contributed by atoms with Crippen LogP contribution in [0.4, 0.5) is 0 Å². The quantitative estimate of drug-likeness (QED) is 0.873. The molecular formula is C16H15ClN2O2S. The van der Waals surface area contributed by atoms with Gasteiger partial charge in [0.2, 0.25) is 0 Å². The fraction of sp³-hybridized carbons (Fsp3) is 0.250. The molecule has 1 amide bonds. The van der Waals surface area contributed by atoms with Gasteiger partial charge in [-0.25, -0.2) is 4.98 Å². The number of hydrogen-bond acceptors (Lipinski definition) is 4. The Bertz CT molecular complexity index is 731. The Morgan fingerprint density at radius 3 is 2.82 bits per heavy atom. The lowest BCUT2D eigenvalue weighted by atomic mass is 10.3. The lowest BCUT2D eigenvalue weighted by molar-refractivity contribution is 0.0962. The van der Waals surface area contributed by atoms with Crippen molar-refractivity contribution >= 4 is 28.8 Å². The predicted octanol–water partition coefficient (Wildman–Crippen LogP) is 3.23. The van der Waals surface area contributed by atoms with Crippen LogP contribution < -0.4 is 10.1 Å². The van der Waals surface area contributed by atoms with Gasteiger partial charge in [-0.3, -0.25) is 4.79 Å². The third kappa shape index (κ3) is 4.48. The van der Waals surface area contributed by atoms with Gasteiger partial charge >= 0.3 is 0 Å². The van der Waals surface area contributed by atoms with Crippen LogP contribution in [0.1, 0.15) is 20.4 Å². The second-order valence-corrected chi connectivity index (χ2v) is 6.01. The number of halogens is 1. The van der Waals surface area contributed by atoms with Crippen LogP contribution >= 0.6 is 22.9 Å². The molecule has 0 bridgehead atoms. The number of benzene rings is 1. The molecule has 6 heteroatoms. The molecule has 1 heterocycles. The second kappa shape index (κ2) is 7.83. The van der Waals surface area contributed by atoms with Gasteiger partial charge in [-0.1, -0.05) is 35.6 Å². The number of para-hydroxylation sites is 1. The number of nitrogens with one attached hydrogen (secondary N) is 1. The number of rotatable bonds is 4. The van der Waals surface area contributed by atoms with E-state index in [0.29, 0.717) is 15.6 Å². The van der Waals surface area contributed by atoms with Crippen LogP contribution in [0.2, 0.25) is 5.02 Å². The molecule has 0 spiro atoms. The predicted molar refractivity (Wildman–Crippen MR) is 88.6 cm³/mol. The van der Waals surface area contributed by atoms with Crippen LogP contribution in [0.25, 0.3) is 0 Å². The molecule has 22 heavy (non-hydrogen) atoms. The molecule has 0 saturated carbocycles. The topological polar surface area (TPSA) is 51.2 Å². The van der Waals surface area contributed by atoms with Gasteiger partial charge in [0, 0.05) is 0 Å². The highest BCUT2D eigenvalue weighted by atomic mass is 35.5. The van der Waals surface area contributed by atoms with Gasteiger partial charge in [-0.05, 0) is 26.0 Å². The third-order valence-corrected chi connectivity index (χ3v) is 4.09. The zero-order valence-electron chi connectivity index (χ0n) is 12.3. The minimum absolute atomic E-state index is 0.149. The first kappa shape index (κ1) is 16.3. The number of carbonyl (C=O) groups excluding carboxylic acids is 1. The van der Waals surface area contributed by atoms with Crippen molar-refractivity contribution in [2.75, 3.05) is 13.2 Å². The summed E-state index contributed by atoms with van der Waals surface area (Å²) < 4.78 is 5.42. The van der Waals surface area contributed by atoms with Gasteiger partial charge in [0.25, 0.3) is 5.91 Å². The van der Waals surface area contributed by atoms with E-state index in [0.717, 1.165) is 10.7 Å². The number of hydrogen-bond donors (Lipinski definition) is 1. The fourth-order valence-electron chi connectivity index (χ4n) is 1.74. The smallest absolute Gasteiger partial charge is 0.264 e. The molecule has 0 aliphatic carbocycles. The molecular weight excluding hydrogens is 320 g/mol. The largest absolute Gasteiger partial charge is 0.479 e. The van der Waals surface area contributed by atoms with Gasteiger partial charge in [0.15, 0.2) is 0 Å². The molecule has 0 atom stereocenters. The molecule has 114 valence electrons. The first-order valence-electron chi connectivity index (χ1n) is 6.63. The summed E-state index contributed by atoms with van der Waals surface area (Å²) in [5.74, 6) is 6.11. The number of aryl methyl sites for hydroxylation is 2. The van der Waals surface area contributed by atoms with Crippen molar-refractivity contribution in [2.24, 2.45) is 0 Å². The van der Waals surface area contributed by atoms with Crippen molar-refractivity contribution in [3.05, 3.63) is 44.9 Å². The minimum atomic E-state index is -0.149. The van der Waals surface area contributed by atoms with Gasteiger partial charge in [0.1, 0.15) is 17.2 Å². The highest BCUT2D eigenvalue weighted by Crippen LogP contribution is 2.22. The normalized spacial score (nSPS) is 9.77. The molecule has 4 nitrogen and oxygen atoms in total. The summed E-state index contributed by atoms with van der Waals surface area (Å²) in [6, 6.07) is 7.21. The SMILES string of the molecule is Cc1nc(C)c(C(=O)NCC#CCOc2ccccc2Cl)s1. The standard InChI is InChI=1S/C16H15ClN2O2S/c1-11-15(22-12(2)19-11)16(20)18-9-5-6-10-21-14-8-4-3-7-13(14)17/h3-4,7-8H,9-10H2,1-2H3,(H,18,20). The first-order valence-corrected chi connectivity index (χ1v) is 7.82. The van der Waals surface area contributed by atoms with Crippen molar-refractivity contribution < 1.29 is 9.53 Å². The van der Waals surface area contributed by atoms with Crippen molar-refractivity contribution in [1.82, 2.24) is 10.3 Å². The van der Waals surface area contributed by atoms with E-state index in [9.17, 15) is 4.79 Å². The Labute approximate surface area is 138 Å². The van der Waals surface area contributed by atoms with E-state index in [1.807, 2.05) is 26.0 Å². The molecule has 0 unspecified atom stereocenters. The lowest BCUT2D eigenvalue weighted by Crippen LogP contribution is -2.23. The summed E-state index contributed by atoms with van der Waals surface area (Å²) in [4.78, 5) is 16.8. The monoisotopic (exact) mass is 334 g/mol. The molecule has 1 aromatic carbocycles. The molecule has 2 aromatic rings. The second-order valence-electron chi connectivity index (χ2n) is 4.40. The van der Waals surface area contributed by atoms with Crippen LogP contribution in [0.3, 0.4) is 0 Å². The van der Waals surface area contributed by atoms with Crippen molar-refractivity contribution in [1.29, 1.82) is 0 Å². The molecule has 0 saturated heterocycles. The van der Waals surface area contributed by atoms with Crippen LogP contribution in [-0.4, -0.2) is 24.0 Å². The summed E-state index contributed by atoms with van der Waals surface area (Å²) in [6.07, 6.45) is 0. The van der Waals surface area contributed by atoms with E-state index in [-0.39, 0.29) is 19.1 Å². The molecule has 1 N–H and O–H groups in total. The summed E-state index contributed by atoms with van der Waals surface area (Å²) >= 11 is 7.33. The first-order chi connectivity index (χ1) is 10.6. The zero-order chi connectivity index (χ0) is 15.9. The molecule has 2 rings (SSSR count). The highest BCUT2D eigenvalue weighted by molar-refractivity contribution is 7.13. The Morgan fingerprint density at radius 2 is 2.14 bits per heavy atom. The van der Waals surface area contributed by atoms with E-state index in [4.69, 9.17) is 16.3 Å². The molecule has 0 aliphatic rings. The van der Waals surface area contributed by atoms with E-state index < -0.39 is 0 Å². The minimum Gasteiger partial charge on any atom is -0.479 e. The zero-order valence-corrected chi connectivity index (χ0v) is 13.8. The van der Waals surface area contributed by atoms with Gasteiger partial charge < -0.3 is 10.1 Å². The van der Waals surface area contributed by atoms with Crippen LogP contribution in [0.5, 0.6) is 5.75 Å². The van der Waals surface area contributed by atoms with Crippen LogP contribution in [0, 0.1) is 25.7 Å². The number of aromatic nitrogens is 1. The van der Waals surface area contributed by atoms with E-state index in [2.05, 4.69) is 22.1 Å². The number of thiazole rings is 1. The average molecular weight is 335 g/mol. The van der Waals surface area contributed by atoms with Gasteiger partial charge in [0.05, 0.1) is 22.3 Å². The van der Waals surface area contributed by atoms with Crippen LogP contribution in [-0.2, 0) is 0 Å². The number of nitrogens with zero attached hydrogens (tertiary/aromatic N) is 1. The summed E-state index contributed by atoms with van der Waals surface area (Å²) in [7, 11) is 0. The van der Waals surface area contributed by atoms with Gasteiger partial charge in [-0.2, -0.15) is 0 Å². The maximum Gasteiger partial charge on any atom is 0.264 e. The highest BCUT2D eigenvalue weighted by Gasteiger charge is 2.12. The number of carbonyl (C=O) groups is 1. The lowest BCUT2D eigenvalue weighted by Gasteiger charge is -2.03. The van der Waals surface area contributed by atoms with E-state index >= 15 is 0 Å². The fourth-order valence-corrected chi connectivity index (χ4v) is 2.76. The molecule has 0 fully saturated rings. The Morgan fingerprint density at radius 1 is 1.36 bits per heavy atom. The van der Waals surface area contributed by atoms with Crippen LogP contribution in [0.15, 0.2) is 24.3 Å². The molecule has 1 aromatic heterocycles. The van der Waals surface area contributed by atoms with E-state index in [1.165, 1.54) is 11.3 Å². The molecule has 0 aliphatic heterocycles. The summed E-state index contributed by atoms with van der Waals surface area (Å²) in [6.45, 7) is 4.18. The van der Waals surface area contributed by atoms with Gasteiger partial charge in [-0.15, -0.1) is 11.3 Å². The third-order valence-electron chi connectivity index (χ3n) is 2.71. The molecule has 0 radical (unpaired) electrons. The summed E-state index contributed by atoms with van der Waals surface area (Å²) in [5.41, 5.74) is 0.745. The summed E-state index contributed by atoms with van der Waals surface area (Å²) in [5, 5.41) is 4.17. The Hall–Kier alpha value is -2.03. The average Bonchev–Trinajstić information content (AvgIpc) is 2.83. The Balaban J connectivity index is 1.77. The number of ether oxygens (including phenoxy) is 1. The van der Waals surface area contributed by atoms with Crippen molar-refractivity contribution in [3.63, 3.8) is 0 Å². The Kier molecular flexibility index (Phi) is 5.82. The van der Waals surface area contributed by atoms with E-state index in [1.54, 1.807) is 12.1 Å². The maximum atomic E-state index is 11.9. The number of amides is 1.